The Bertz CT molecular complexity index is 1010. The predicted molar refractivity (Wildman–Crippen MR) is 113 cm³/mol. The van der Waals surface area contributed by atoms with Crippen molar-refractivity contribution in [3.8, 4) is 5.75 Å². The summed E-state index contributed by atoms with van der Waals surface area (Å²) in [4.78, 5) is 20.1. The van der Waals surface area contributed by atoms with Crippen LogP contribution in [0.4, 0.5) is 5.82 Å². The van der Waals surface area contributed by atoms with E-state index in [-0.39, 0.29) is 0 Å². The number of ether oxygens (including phenoxy) is 2. The first-order chi connectivity index (χ1) is 14.5. The number of carboxylic acid groups (broad SMARTS) is 1. The topological polar surface area (TPSA) is 122 Å². The summed E-state index contributed by atoms with van der Waals surface area (Å²) in [5.41, 5.74) is 2.22. The van der Waals surface area contributed by atoms with Crippen molar-refractivity contribution in [1.29, 1.82) is 0 Å². The number of nitrogens with zero attached hydrogens (tertiary/aromatic N) is 3. The van der Waals surface area contributed by atoms with Crippen molar-refractivity contribution in [2.75, 3.05) is 19.0 Å². The van der Waals surface area contributed by atoms with E-state index >= 15 is 0 Å². The normalized spacial score (nSPS) is 12.1. The number of benzene rings is 1. The molecular weight excluding hydrogens is 410 g/mol. The third-order valence-corrected chi connectivity index (χ3v) is 4.80. The molecule has 2 aromatic heterocycles. The van der Waals surface area contributed by atoms with E-state index in [0.717, 1.165) is 18.4 Å². The van der Waals surface area contributed by atoms with Crippen LogP contribution in [-0.2, 0) is 16.1 Å². The number of aromatic amines is 1. The van der Waals surface area contributed by atoms with Crippen LogP contribution in [0.5, 0.6) is 5.75 Å². The Balaban J connectivity index is 1.85. The van der Waals surface area contributed by atoms with Gasteiger partial charge in [-0.05, 0) is 24.1 Å². The van der Waals surface area contributed by atoms with Crippen LogP contribution in [0.15, 0.2) is 24.4 Å². The summed E-state index contributed by atoms with van der Waals surface area (Å²) >= 11 is 6.21. The molecule has 0 saturated carbocycles. The zero-order valence-corrected chi connectivity index (χ0v) is 17.6. The second-order valence-corrected chi connectivity index (χ2v) is 7.13. The third kappa shape index (κ3) is 5.37. The number of carbonyl (C=O) groups is 1. The average Bonchev–Trinajstić information content (AvgIpc) is 3.21. The minimum absolute atomic E-state index is 0.408. The number of unbranched alkanes of at least 4 members (excludes halogenated alkanes) is 1. The maximum atomic E-state index is 11.0. The van der Waals surface area contributed by atoms with Gasteiger partial charge in [-0.3, -0.25) is 5.10 Å². The minimum atomic E-state index is -1.03. The Morgan fingerprint density at radius 3 is 2.90 bits per heavy atom. The molecule has 9 nitrogen and oxygen atoms in total. The predicted octanol–water partition coefficient (Wildman–Crippen LogP) is 3.96. The largest absolute Gasteiger partial charge is 0.495 e. The van der Waals surface area contributed by atoms with Gasteiger partial charge in [-0.15, -0.1) is 0 Å². The molecule has 0 fully saturated rings. The molecule has 1 atom stereocenters. The third-order valence-electron chi connectivity index (χ3n) is 4.51. The number of nitrogens with one attached hydrogen (secondary N) is 2. The molecule has 160 valence electrons. The van der Waals surface area contributed by atoms with Gasteiger partial charge in [0, 0.05) is 6.54 Å². The molecule has 0 spiro atoms. The molecule has 0 aliphatic heterocycles. The number of rotatable bonds is 11. The quantitative estimate of drug-likeness (QED) is 0.415. The van der Waals surface area contributed by atoms with Crippen molar-refractivity contribution in [1.82, 2.24) is 20.2 Å². The molecule has 1 aromatic carbocycles. The summed E-state index contributed by atoms with van der Waals surface area (Å²) in [5, 5.41) is 19.7. The van der Waals surface area contributed by atoms with Gasteiger partial charge < -0.3 is 19.9 Å². The van der Waals surface area contributed by atoms with E-state index in [1.807, 2.05) is 12.1 Å². The Kier molecular flexibility index (Phi) is 7.42. The van der Waals surface area contributed by atoms with E-state index in [4.69, 9.17) is 26.2 Å². The second-order valence-electron chi connectivity index (χ2n) is 6.72. The first kappa shape index (κ1) is 21.8. The fraction of sp³-hybridized carbons (Fsp3) is 0.400. The first-order valence-electron chi connectivity index (χ1n) is 9.62. The van der Waals surface area contributed by atoms with E-state index in [1.54, 1.807) is 19.4 Å². The van der Waals surface area contributed by atoms with Crippen LogP contribution in [-0.4, -0.2) is 45.0 Å². The van der Waals surface area contributed by atoms with E-state index in [0.29, 0.717) is 46.4 Å². The molecule has 3 aromatic rings. The number of H-pyrrole nitrogens is 1. The summed E-state index contributed by atoms with van der Waals surface area (Å²) in [5.74, 6) is 0.555. The molecule has 0 aliphatic carbocycles. The Morgan fingerprint density at radius 1 is 1.37 bits per heavy atom. The van der Waals surface area contributed by atoms with Crippen LogP contribution >= 0.6 is 11.6 Å². The highest BCUT2D eigenvalue weighted by Gasteiger charge is 2.20. The lowest BCUT2D eigenvalue weighted by atomic mass is 10.1. The number of hydrogen-bond acceptors (Lipinski definition) is 7. The van der Waals surface area contributed by atoms with Gasteiger partial charge in [0.1, 0.15) is 29.5 Å². The van der Waals surface area contributed by atoms with Crippen LogP contribution in [0.3, 0.4) is 0 Å². The van der Waals surface area contributed by atoms with Crippen molar-refractivity contribution >= 4 is 34.4 Å². The van der Waals surface area contributed by atoms with Gasteiger partial charge >= 0.3 is 5.97 Å². The van der Waals surface area contributed by atoms with Gasteiger partial charge in [-0.1, -0.05) is 37.4 Å². The lowest BCUT2D eigenvalue weighted by molar-refractivity contribution is -0.144. The van der Waals surface area contributed by atoms with Crippen molar-refractivity contribution in [2.24, 2.45) is 0 Å². The summed E-state index contributed by atoms with van der Waals surface area (Å²) < 4.78 is 10.7. The number of aliphatic carboxylic acids is 1. The summed E-state index contributed by atoms with van der Waals surface area (Å²) in [6.45, 7) is 2.11. The molecule has 3 N–H and O–H groups in total. The van der Waals surface area contributed by atoms with Gasteiger partial charge in [0.15, 0.2) is 11.6 Å². The molecule has 3 rings (SSSR count). The lowest BCUT2D eigenvalue weighted by Gasteiger charge is -2.17. The highest BCUT2D eigenvalue weighted by molar-refractivity contribution is 6.32. The molecule has 1 unspecified atom stereocenters. The average molecular weight is 434 g/mol. The van der Waals surface area contributed by atoms with Gasteiger partial charge in [-0.2, -0.15) is 5.10 Å². The van der Waals surface area contributed by atoms with Crippen LogP contribution < -0.4 is 10.1 Å². The van der Waals surface area contributed by atoms with Gasteiger partial charge in [-0.25, -0.2) is 14.8 Å². The van der Waals surface area contributed by atoms with Crippen molar-refractivity contribution < 1.29 is 19.4 Å². The van der Waals surface area contributed by atoms with Crippen LogP contribution in [0.25, 0.3) is 11.0 Å². The van der Waals surface area contributed by atoms with Crippen molar-refractivity contribution in [2.45, 2.75) is 38.8 Å². The van der Waals surface area contributed by atoms with E-state index < -0.39 is 18.7 Å². The molecule has 0 aliphatic rings. The van der Waals surface area contributed by atoms with Crippen LogP contribution in [0.1, 0.15) is 43.7 Å². The number of fused-ring (bicyclic) bond motifs is 1. The summed E-state index contributed by atoms with van der Waals surface area (Å²) in [6, 6.07) is 5.53. The Morgan fingerprint density at radius 2 is 2.20 bits per heavy atom. The van der Waals surface area contributed by atoms with Gasteiger partial charge in [0.05, 0.1) is 18.3 Å². The number of carboxylic acids is 1. The number of methoxy groups -OCH3 is 1. The maximum absolute atomic E-state index is 11.0. The fourth-order valence-corrected chi connectivity index (χ4v) is 3.26. The molecule has 30 heavy (non-hydrogen) atoms. The number of hydrogen-bond donors (Lipinski definition) is 3. The highest BCUT2D eigenvalue weighted by atomic mass is 35.5. The van der Waals surface area contributed by atoms with Crippen molar-refractivity contribution in [3.63, 3.8) is 0 Å². The Hall–Kier alpha value is -2.91. The highest BCUT2D eigenvalue weighted by Crippen LogP contribution is 2.27. The zero-order valence-electron chi connectivity index (χ0n) is 16.8. The monoisotopic (exact) mass is 433 g/mol. The molecule has 0 radical (unpaired) electrons. The molecule has 0 saturated heterocycles. The molecule has 2 heterocycles. The zero-order chi connectivity index (χ0) is 21.5. The standard InChI is InChI=1S/C20H24ClN5O4/c1-3-4-5-16(30-11-17(27)28)19-24-14-10-23-26-18(14)20(25-19)22-9-12-6-7-15(29-2)13(21)8-12/h6-8,10,16H,3-5,9,11H2,1-2H3,(H,23,26)(H,27,28)(H,22,24,25). The van der Waals surface area contributed by atoms with Crippen molar-refractivity contribution in [3.05, 3.63) is 40.8 Å². The summed E-state index contributed by atoms with van der Waals surface area (Å²) in [6.07, 6.45) is 3.52. The van der Waals surface area contributed by atoms with E-state index in [1.165, 1.54) is 0 Å². The number of aromatic nitrogens is 4. The van der Waals surface area contributed by atoms with Crippen LogP contribution in [0.2, 0.25) is 5.02 Å². The number of halogens is 1. The molecular formula is C20H24ClN5O4. The maximum Gasteiger partial charge on any atom is 0.329 e. The van der Waals surface area contributed by atoms with Crippen LogP contribution in [0, 0.1) is 0 Å². The lowest BCUT2D eigenvalue weighted by Crippen LogP contribution is -2.15. The fourth-order valence-electron chi connectivity index (χ4n) is 2.98. The second kappa shape index (κ2) is 10.2. The van der Waals surface area contributed by atoms with E-state index in [2.05, 4.69) is 32.4 Å². The minimum Gasteiger partial charge on any atom is -0.495 e. The van der Waals surface area contributed by atoms with Gasteiger partial charge in [0.2, 0.25) is 0 Å². The van der Waals surface area contributed by atoms with E-state index in [9.17, 15) is 4.79 Å². The smallest absolute Gasteiger partial charge is 0.329 e. The number of anilines is 1. The molecule has 0 bridgehead atoms. The summed E-state index contributed by atoms with van der Waals surface area (Å²) in [7, 11) is 1.57. The SMILES string of the molecule is CCCCC(OCC(=O)O)c1nc(NCc2ccc(OC)c(Cl)c2)c2[nH]ncc2n1. The molecule has 0 amide bonds. The molecule has 10 heteroatoms. The first-order valence-corrected chi connectivity index (χ1v) is 10.00. The van der Waals surface area contributed by atoms with Gasteiger partial charge in [0.25, 0.3) is 0 Å². The Labute approximate surface area is 178 Å².